The van der Waals surface area contributed by atoms with E-state index in [0.717, 1.165) is 10.7 Å². The van der Waals surface area contributed by atoms with Crippen LogP contribution in [0.15, 0.2) is 18.2 Å². The van der Waals surface area contributed by atoms with Crippen LogP contribution in [0.25, 0.3) is 0 Å². The number of methoxy groups -OCH3 is 2. The molecule has 0 radical (unpaired) electrons. The molecule has 1 heterocycles. The Kier molecular flexibility index (Phi) is 9.25. The summed E-state index contributed by atoms with van der Waals surface area (Å²) in [6.07, 6.45) is 2.90. The molecule has 9 nitrogen and oxygen atoms in total. The second-order valence-electron chi connectivity index (χ2n) is 6.88. The number of ether oxygens (including phenoxy) is 2. The van der Waals surface area contributed by atoms with Gasteiger partial charge < -0.3 is 25.2 Å². The number of thioether (sulfide) groups is 1. The lowest BCUT2D eigenvalue weighted by Crippen LogP contribution is -2.39. The number of imide groups is 1. The molecule has 4 amide bonds. The number of carbonyl (C=O) groups excluding carboxylic acids is 3. The summed E-state index contributed by atoms with van der Waals surface area (Å²) in [6, 6.07) is 3.63. The summed E-state index contributed by atoms with van der Waals surface area (Å²) >= 11 is 1.64. The van der Waals surface area contributed by atoms with Gasteiger partial charge in [0.25, 0.3) is 5.91 Å². The van der Waals surface area contributed by atoms with Crippen LogP contribution in [-0.4, -0.2) is 72.8 Å². The number of nitrogens with one attached hydrogen (secondary N) is 2. The highest BCUT2D eigenvalue weighted by molar-refractivity contribution is 7.98. The maximum Gasteiger partial charge on any atom is 0.325 e. The summed E-state index contributed by atoms with van der Waals surface area (Å²) in [6.45, 7) is -0.0422. The molecule has 10 heteroatoms. The van der Waals surface area contributed by atoms with Gasteiger partial charge in [0.1, 0.15) is 6.04 Å². The van der Waals surface area contributed by atoms with Crippen LogP contribution in [0.4, 0.5) is 4.79 Å². The predicted octanol–water partition coefficient (Wildman–Crippen LogP) is 1.13. The third-order valence-corrected chi connectivity index (χ3v) is 5.46. The van der Waals surface area contributed by atoms with Crippen LogP contribution in [0.2, 0.25) is 0 Å². The number of hydrogen-bond acceptors (Lipinski definition) is 7. The Hall–Kier alpha value is -2.46. The first kappa shape index (κ1) is 23.8. The Morgan fingerprint density at radius 1 is 1.30 bits per heavy atom. The van der Waals surface area contributed by atoms with E-state index in [1.165, 1.54) is 14.2 Å². The summed E-state index contributed by atoms with van der Waals surface area (Å²) in [7, 11) is 3.04. The third-order valence-electron chi connectivity index (χ3n) is 4.81. The zero-order valence-electron chi connectivity index (χ0n) is 17.5. The van der Waals surface area contributed by atoms with Crippen molar-refractivity contribution in [3.63, 3.8) is 0 Å². The van der Waals surface area contributed by atoms with E-state index in [1.807, 2.05) is 6.26 Å². The monoisotopic (exact) mass is 439 g/mol. The van der Waals surface area contributed by atoms with Gasteiger partial charge in [-0.05, 0) is 42.5 Å². The molecule has 0 saturated carbocycles. The molecule has 0 bridgehead atoms. The van der Waals surface area contributed by atoms with Gasteiger partial charge in [-0.3, -0.25) is 14.5 Å². The smallest absolute Gasteiger partial charge is 0.325 e. The molecule has 0 unspecified atom stereocenters. The van der Waals surface area contributed by atoms with E-state index in [2.05, 4.69) is 10.6 Å². The fraction of sp³-hybridized carbons (Fsp3) is 0.550. The average molecular weight is 440 g/mol. The van der Waals surface area contributed by atoms with Gasteiger partial charge in [-0.15, -0.1) is 0 Å². The minimum absolute atomic E-state index is 0.0800. The van der Waals surface area contributed by atoms with E-state index in [9.17, 15) is 19.5 Å². The fourth-order valence-corrected chi connectivity index (χ4v) is 3.65. The number of carbonyl (C=O) groups is 3. The van der Waals surface area contributed by atoms with Gasteiger partial charge in [-0.1, -0.05) is 6.07 Å². The van der Waals surface area contributed by atoms with Crippen molar-refractivity contribution in [2.45, 2.75) is 37.9 Å². The normalized spacial score (nSPS) is 16.9. The number of amides is 4. The van der Waals surface area contributed by atoms with Gasteiger partial charge in [0.15, 0.2) is 11.5 Å². The van der Waals surface area contributed by atoms with Gasteiger partial charge in [-0.2, -0.15) is 11.8 Å². The van der Waals surface area contributed by atoms with Crippen molar-refractivity contribution >= 4 is 29.6 Å². The van der Waals surface area contributed by atoms with E-state index in [4.69, 9.17) is 9.47 Å². The maximum atomic E-state index is 12.6. The Labute approximate surface area is 180 Å². The standard InChI is InChI=1S/C20H29N3O6S/c1-28-16-6-4-13(10-17(16)29-2)11-23-19(26)15(22-20(23)27)5-7-18(25)21-14(12-24)8-9-30-3/h4,6,10,14-15,24H,5,7-9,11-12H2,1-3H3,(H,21,25)(H,22,27)/t14-,15-/m1/s1. The van der Waals surface area contributed by atoms with Crippen molar-refractivity contribution in [2.24, 2.45) is 0 Å². The Bertz CT molecular complexity index is 760. The molecular weight excluding hydrogens is 410 g/mol. The zero-order valence-corrected chi connectivity index (χ0v) is 18.3. The van der Waals surface area contributed by atoms with Crippen molar-refractivity contribution in [1.82, 2.24) is 15.5 Å². The Morgan fingerprint density at radius 2 is 2.03 bits per heavy atom. The van der Waals surface area contributed by atoms with Crippen molar-refractivity contribution < 1.29 is 29.0 Å². The first-order valence-corrected chi connectivity index (χ1v) is 11.0. The number of urea groups is 1. The Balaban J connectivity index is 1.91. The van der Waals surface area contributed by atoms with E-state index in [1.54, 1.807) is 30.0 Å². The second kappa shape index (κ2) is 11.7. The summed E-state index contributed by atoms with van der Waals surface area (Å²) in [4.78, 5) is 38.2. The molecule has 2 rings (SSSR count). The topological polar surface area (TPSA) is 117 Å². The van der Waals surface area contributed by atoms with Crippen LogP contribution in [0.5, 0.6) is 11.5 Å². The van der Waals surface area contributed by atoms with Crippen LogP contribution in [0, 0.1) is 0 Å². The van der Waals surface area contributed by atoms with Gasteiger partial charge >= 0.3 is 6.03 Å². The summed E-state index contributed by atoms with van der Waals surface area (Å²) in [5, 5.41) is 14.7. The van der Waals surface area contributed by atoms with Crippen LogP contribution in [0.3, 0.4) is 0 Å². The number of aliphatic hydroxyl groups excluding tert-OH is 1. The molecule has 0 aromatic heterocycles. The molecule has 1 aliphatic heterocycles. The van der Waals surface area contributed by atoms with Crippen molar-refractivity contribution in [3.8, 4) is 11.5 Å². The quantitative estimate of drug-likeness (QED) is 0.418. The van der Waals surface area contributed by atoms with Crippen LogP contribution in [0.1, 0.15) is 24.8 Å². The van der Waals surface area contributed by atoms with Crippen molar-refractivity contribution in [3.05, 3.63) is 23.8 Å². The number of hydrogen-bond donors (Lipinski definition) is 3. The lowest BCUT2D eigenvalue weighted by Gasteiger charge is -2.16. The molecule has 0 aliphatic carbocycles. The van der Waals surface area contributed by atoms with Gasteiger partial charge in [0.2, 0.25) is 5.91 Å². The molecule has 0 spiro atoms. The molecule has 1 aliphatic rings. The van der Waals surface area contributed by atoms with E-state index >= 15 is 0 Å². The van der Waals surface area contributed by atoms with E-state index < -0.39 is 12.1 Å². The molecule has 1 fully saturated rings. The lowest BCUT2D eigenvalue weighted by atomic mass is 10.1. The first-order valence-electron chi connectivity index (χ1n) is 9.65. The first-order chi connectivity index (χ1) is 14.4. The highest BCUT2D eigenvalue weighted by atomic mass is 32.2. The van der Waals surface area contributed by atoms with Crippen LogP contribution >= 0.6 is 11.8 Å². The van der Waals surface area contributed by atoms with Gasteiger partial charge in [-0.25, -0.2) is 4.79 Å². The third kappa shape index (κ3) is 6.27. The lowest BCUT2D eigenvalue weighted by molar-refractivity contribution is -0.128. The van der Waals surface area contributed by atoms with E-state index in [-0.39, 0.29) is 43.8 Å². The average Bonchev–Trinajstić information content (AvgIpc) is 3.02. The van der Waals surface area contributed by atoms with Crippen molar-refractivity contribution in [1.29, 1.82) is 0 Å². The second-order valence-corrected chi connectivity index (χ2v) is 7.87. The van der Waals surface area contributed by atoms with E-state index in [0.29, 0.717) is 23.5 Å². The van der Waals surface area contributed by atoms with Gasteiger partial charge in [0, 0.05) is 6.42 Å². The Morgan fingerprint density at radius 3 is 2.67 bits per heavy atom. The van der Waals surface area contributed by atoms with Crippen LogP contribution < -0.4 is 20.1 Å². The molecule has 1 aromatic carbocycles. The summed E-state index contributed by atoms with van der Waals surface area (Å²) < 4.78 is 10.4. The molecular formula is C20H29N3O6S. The predicted molar refractivity (Wildman–Crippen MR) is 114 cm³/mol. The minimum Gasteiger partial charge on any atom is -0.493 e. The molecule has 2 atom stereocenters. The largest absolute Gasteiger partial charge is 0.493 e. The molecule has 166 valence electrons. The molecule has 1 saturated heterocycles. The molecule has 3 N–H and O–H groups in total. The van der Waals surface area contributed by atoms with Crippen molar-refractivity contribution in [2.75, 3.05) is 32.8 Å². The number of nitrogens with zero attached hydrogens (tertiary/aromatic N) is 1. The van der Waals surface area contributed by atoms with Crippen LogP contribution in [-0.2, 0) is 16.1 Å². The highest BCUT2D eigenvalue weighted by Crippen LogP contribution is 2.28. The fourth-order valence-electron chi connectivity index (χ4n) is 3.13. The number of benzene rings is 1. The SMILES string of the molecule is COc1ccc(CN2C(=O)N[C@H](CCC(=O)N[C@@H](CO)CCSC)C2=O)cc1OC. The molecule has 1 aromatic rings. The minimum atomic E-state index is -0.748. The summed E-state index contributed by atoms with van der Waals surface area (Å²) in [5.74, 6) is 1.27. The van der Waals surface area contributed by atoms with Gasteiger partial charge in [0.05, 0.1) is 33.4 Å². The summed E-state index contributed by atoms with van der Waals surface area (Å²) in [5.41, 5.74) is 0.717. The zero-order chi connectivity index (χ0) is 22.1. The maximum absolute atomic E-state index is 12.6. The number of aliphatic hydroxyl groups is 1. The highest BCUT2D eigenvalue weighted by Gasteiger charge is 2.38. The number of rotatable bonds is 12. The molecule has 30 heavy (non-hydrogen) atoms.